The minimum absolute atomic E-state index is 0.225. The summed E-state index contributed by atoms with van der Waals surface area (Å²) in [5.74, 6) is 1.24. The van der Waals surface area contributed by atoms with E-state index in [2.05, 4.69) is 163 Å². The van der Waals surface area contributed by atoms with E-state index in [9.17, 15) is 0 Å². The first kappa shape index (κ1) is 29.3. The molecule has 0 spiro atoms. The van der Waals surface area contributed by atoms with E-state index < -0.39 is 6.98 Å². The highest BCUT2D eigenvalue weighted by molar-refractivity contribution is 6.10. The van der Waals surface area contributed by atoms with E-state index >= 15 is 0 Å². The van der Waals surface area contributed by atoms with Crippen LogP contribution >= 0.6 is 0 Å². The normalized spacial score (nSPS) is 13.7. The van der Waals surface area contributed by atoms with E-state index in [1.54, 1.807) is 0 Å². The van der Waals surface area contributed by atoms with Crippen LogP contribution < -0.4 is 14.7 Å². The number of hydrogen-bond acceptors (Lipinski definition) is 4. The second kappa shape index (κ2) is 13.0. The van der Waals surface area contributed by atoms with Gasteiger partial charge in [-0.05, 0) is 108 Å². The molecule has 3 heterocycles. The van der Waals surface area contributed by atoms with Crippen molar-refractivity contribution in [1.29, 1.82) is 0 Å². The van der Waals surface area contributed by atoms with Crippen LogP contribution in [0.4, 0.5) is 34.1 Å². The number of anilines is 6. The van der Waals surface area contributed by atoms with Crippen LogP contribution in [0.15, 0.2) is 152 Å². The molecule has 5 heteroatoms. The van der Waals surface area contributed by atoms with Crippen LogP contribution in [0.5, 0.6) is 0 Å². The van der Waals surface area contributed by atoms with E-state index in [1.807, 2.05) is 30.5 Å². The summed E-state index contributed by atoms with van der Waals surface area (Å²) in [6.07, 6.45) is 1.92. The van der Waals surface area contributed by atoms with Crippen LogP contribution in [0.2, 0.25) is 0 Å². The molecule has 5 nitrogen and oxygen atoms in total. The summed E-state index contributed by atoms with van der Waals surface area (Å²) in [7, 11) is 0. The molecule has 0 fully saturated rings. The van der Waals surface area contributed by atoms with Gasteiger partial charge >= 0.3 is 0 Å². The van der Waals surface area contributed by atoms with E-state index in [0.717, 1.165) is 72.8 Å². The number of benzene rings is 6. The average molecular weight is 693 g/mol. The molecular formula is C48H43N5. The van der Waals surface area contributed by atoms with Gasteiger partial charge in [0.25, 0.3) is 0 Å². The van der Waals surface area contributed by atoms with Crippen LogP contribution in [0, 0.1) is 13.8 Å². The number of aryl methyl sites for hydroxylation is 2. The number of hydrogen-bond donors (Lipinski definition) is 0. The molecule has 0 aliphatic carbocycles. The highest BCUT2D eigenvalue weighted by Crippen LogP contribution is 2.45. The Hall–Kier alpha value is -6.33. The summed E-state index contributed by atoms with van der Waals surface area (Å²) in [5.41, 5.74) is 13.7. The maximum atomic E-state index is 8.28. The minimum atomic E-state index is -2.27. The topological polar surface area (TPSA) is 27.5 Å². The van der Waals surface area contributed by atoms with Crippen molar-refractivity contribution in [2.24, 2.45) is 0 Å². The highest BCUT2D eigenvalue weighted by atomic mass is 15.4. The van der Waals surface area contributed by atoms with Crippen LogP contribution in [0.25, 0.3) is 38.8 Å². The fraction of sp³-hybridized carbons (Fsp3) is 0.146. The molecule has 0 saturated heterocycles. The Morgan fingerprint density at radius 3 is 2.21 bits per heavy atom. The van der Waals surface area contributed by atoms with Gasteiger partial charge in [0.1, 0.15) is 5.82 Å². The number of rotatable bonds is 7. The summed E-state index contributed by atoms with van der Waals surface area (Å²) >= 11 is 0. The van der Waals surface area contributed by atoms with E-state index in [0.29, 0.717) is 11.6 Å². The first-order valence-corrected chi connectivity index (χ1v) is 18.3. The summed E-state index contributed by atoms with van der Waals surface area (Å²) in [4.78, 5) is 10.9. The molecule has 0 radical (unpaired) electrons. The predicted molar refractivity (Wildman–Crippen MR) is 224 cm³/mol. The van der Waals surface area contributed by atoms with Gasteiger partial charge in [-0.1, -0.05) is 98.8 Å². The third-order valence-electron chi connectivity index (χ3n) is 10.6. The molecule has 53 heavy (non-hydrogen) atoms. The number of pyridine rings is 1. The fourth-order valence-electron chi connectivity index (χ4n) is 8.12. The Morgan fingerprint density at radius 2 is 1.38 bits per heavy atom. The quantitative estimate of drug-likeness (QED) is 0.166. The van der Waals surface area contributed by atoms with E-state index in [4.69, 9.17) is 9.10 Å². The number of aromatic nitrogens is 2. The SMILES string of the molecule is [2H]C([2H])([2H])N1CN(c2cccc(N(c3ccc4c5ccccc5n(-c5cc(-c6ccccc6C(C)C)ccn5)c4c3)c3c(C)cccc3C)c2)c2ccccc21. The third kappa shape index (κ3) is 5.51. The van der Waals surface area contributed by atoms with E-state index in [-0.39, 0.29) is 6.67 Å². The third-order valence-corrected chi connectivity index (χ3v) is 10.6. The number of nitrogens with zero attached hydrogens (tertiary/aromatic N) is 5. The van der Waals surface area contributed by atoms with Crippen LogP contribution in [0.1, 0.15) is 40.6 Å². The zero-order chi connectivity index (χ0) is 38.7. The van der Waals surface area contributed by atoms with Crippen molar-refractivity contribution in [2.45, 2.75) is 33.6 Å². The summed E-state index contributed by atoms with van der Waals surface area (Å²) in [5, 5.41) is 2.31. The highest BCUT2D eigenvalue weighted by Gasteiger charge is 2.26. The Kier molecular flexibility index (Phi) is 7.19. The molecule has 260 valence electrons. The first-order chi connectivity index (χ1) is 27.1. The van der Waals surface area contributed by atoms with Gasteiger partial charge in [0, 0.05) is 45.1 Å². The Morgan fingerprint density at radius 1 is 0.660 bits per heavy atom. The smallest absolute Gasteiger partial charge is 0.138 e. The van der Waals surface area contributed by atoms with Crippen molar-refractivity contribution < 1.29 is 4.11 Å². The molecule has 0 bridgehead atoms. The molecule has 0 N–H and O–H groups in total. The number of para-hydroxylation sites is 4. The van der Waals surface area contributed by atoms with Crippen molar-refractivity contribution in [3.05, 3.63) is 168 Å². The van der Waals surface area contributed by atoms with Crippen molar-refractivity contribution in [3.8, 4) is 16.9 Å². The minimum Gasteiger partial charge on any atom is -0.355 e. The van der Waals surface area contributed by atoms with Crippen LogP contribution in [-0.4, -0.2) is 23.2 Å². The maximum absolute atomic E-state index is 8.28. The molecule has 0 atom stereocenters. The molecule has 0 amide bonds. The number of fused-ring (bicyclic) bond motifs is 4. The lowest BCUT2D eigenvalue weighted by molar-refractivity contribution is 0.869. The Balaban J connectivity index is 1.23. The molecule has 1 aliphatic rings. The second-order valence-electron chi connectivity index (χ2n) is 14.3. The van der Waals surface area contributed by atoms with Crippen molar-refractivity contribution in [2.75, 3.05) is 28.3 Å². The zero-order valence-electron chi connectivity index (χ0n) is 33.5. The van der Waals surface area contributed by atoms with Gasteiger partial charge in [0.05, 0.1) is 34.8 Å². The van der Waals surface area contributed by atoms with Crippen molar-refractivity contribution in [1.82, 2.24) is 9.55 Å². The predicted octanol–water partition coefficient (Wildman–Crippen LogP) is 12.6. The molecule has 1 aliphatic heterocycles. The Bertz CT molecular complexity index is 2750. The zero-order valence-corrected chi connectivity index (χ0v) is 30.5. The molecule has 2 aromatic heterocycles. The van der Waals surface area contributed by atoms with Crippen LogP contribution in [0.3, 0.4) is 0 Å². The van der Waals surface area contributed by atoms with Gasteiger partial charge in [-0.3, -0.25) is 4.57 Å². The van der Waals surface area contributed by atoms with Gasteiger partial charge < -0.3 is 14.7 Å². The maximum Gasteiger partial charge on any atom is 0.138 e. The monoisotopic (exact) mass is 692 g/mol. The largest absolute Gasteiger partial charge is 0.355 e. The van der Waals surface area contributed by atoms with Crippen LogP contribution in [-0.2, 0) is 0 Å². The molecule has 6 aromatic carbocycles. The molecule has 0 unspecified atom stereocenters. The fourth-order valence-corrected chi connectivity index (χ4v) is 8.12. The Labute approximate surface area is 316 Å². The second-order valence-corrected chi connectivity index (χ2v) is 14.3. The lowest BCUT2D eigenvalue weighted by Crippen LogP contribution is -2.24. The molecule has 9 rings (SSSR count). The first-order valence-electron chi connectivity index (χ1n) is 19.8. The molecule has 0 saturated carbocycles. The summed E-state index contributed by atoms with van der Waals surface area (Å²) in [6, 6.07) is 50.8. The van der Waals surface area contributed by atoms with Gasteiger partial charge in [-0.25, -0.2) is 4.98 Å². The van der Waals surface area contributed by atoms with Crippen molar-refractivity contribution in [3.63, 3.8) is 0 Å². The molecular weight excluding hydrogens is 647 g/mol. The summed E-state index contributed by atoms with van der Waals surface area (Å²) in [6.45, 7) is 6.75. The standard InChI is InChI=1S/C48H43N5/c1-32(2)39-18-6-7-19-40(39)35-26-27-49-47(28-35)53-43-21-9-8-20-41(43)42-25-24-38(30-46(42)53)52(48-33(3)14-12-15-34(48)4)37-17-13-16-36(29-37)51-31-50(5)44-22-10-11-23-45(44)51/h6-30,32H,31H2,1-5H3/i5D3. The lowest BCUT2D eigenvalue weighted by atomic mass is 9.93. The van der Waals surface area contributed by atoms with Gasteiger partial charge in [0.2, 0.25) is 0 Å². The van der Waals surface area contributed by atoms with Gasteiger partial charge in [-0.2, -0.15) is 0 Å². The van der Waals surface area contributed by atoms with E-state index in [1.165, 1.54) is 16.0 Å². The molecule has 8 aromatic rings. The van der Waals surface area contributed by atoms with Gasteiger partial charge in [0.15, 0.2) is 0 Å². The average Bonchev–Trinajstić information content (AvgIpc) is 3.76. The van der Waals surface area contributed by atoms with Gasteiger partial charge in [-0.15, -0.1) is 0 Å². The summed E-state index contributed by atoms with van der Waals surface area (Å²) < 4.78 is 27.1. The van der Waals surface area contributed by atoms with Crippen molar-refractivity contribution >= 4 is 55.9 Å². The lowest BCUT2D eigenvalue weighted by Gasteiger charge is -2.30.